The van der Waals surface area contributed by atoms with Crippen LogP contribution in [0.25, 0.3) is 0 Å². The van der Waals surface area contributed by atoms with Crippen molar-refractivity contribution in [1.29, 1.82) is 0 Å². The molecule has 0 radical (unpaired) electrons. The highest BCUT2D eigenvalue weighted by molar-refractivity contribution is 6.05. The fraction of sp³-hybridized carbons (Fsp3) is 0.375. The molecule has 2 aromatic carbocycles. The SMILES string of the molecule is O=C1CCC(N2Cc3cc(OC4(NCc5ccccc5)CCC4)ccc3C2=O)C(=O)N1. The van der Waals surface area contributed by atoms with Crippen LogP contribution in [0.2, 0.25) is 0 Å². The number of rotatable bonds is 6. The molecule has 0 bridgehead atoms. The molecule has 1 saturated heterocycles. The largest absolute Gasteiger partial charge is 0.473 e. The van der Waals surface area contributed by atoms with Gasteiger partial charge in [0.2, 0.25) is 11.8 Å². The van der Waals surface area contributed by atoms with E-state index < -0.39 is 17.7 Å². The fourth-order valence-electron chi connectivity index (χ4n) is 4.51. The summed E-state index contributed by atoms with van der Waals surface area (Å²) in [6.45, 7) is 1.08. The van der Waals surface area contributed by atoms with Gasteiger partial charge in [0.1, 0.15) is 11.8 Å². The predicted molar refractivity (Wildman–Crippen MR) is 113 cm³/mol. The van der Waals surface area contributed by atoms with Crippen molar-refractivity contribution in [3.05, 3.63) is 65.2 Å². The van der Waals surface area contributed by atoms with Gasteiger partial charge in [-0.05, 0) is 42.2 Å². The van der Waals surface area contributed by atoms with Crippen molar-refractivity contribution in [3.63, 3.8) is 0 Å². The number of imide groups is 1. The van der Waals surface area contributed by atoms with Gasteiger partial charge in [0.25, 0.3) is 5.91 Å². The molecule has 1 atom stereocenters. The van der Waals surface area contributed by atoms with Crippen LogP contribution >= 0.6 is 0 Å². The van der Waals surface area contributed by atoms with Gasteiger partial charge in [-0.3, -0.25) is 25.0 Å². The number of hydrogen-bond donors (Lipinski definition) is 2. The summed E-state index contributed by atoms with van der Waals surface area (Å²) in [5, 5.41) is 5.89. The molecule has 0 spiro atoms. The second-order valence-electron chi connectivity index (χ2n) is 8.51. The van der Waals surface area contributed by atoms with Crippen LogP contribution in [0.4, 0.5) is 0 Å². The van der Waals surface area contributed by atoms with Gasteiger partial charge >= 0.3 is 0 Å². The van der Waals surface area contributed by atoms with E-state index in [1.165, 1.54) is 5.56 Å². The number of piperidine rings is 1. The van der Waals surface area contributed by atoms with E-state index in [2.05, 4.69) is 22.8 Å². The van der Waals surface area contributed by atoms with Gasteiger partial charge in [-0.1, -0.05) is 30.3 Å². The molecule has 0 aromatic heterocycles. The smallest absolute Gasteiger partial charge is 0.255 e. The molecule has 1 aliphatic carbocycles. The molecule has 3 aliphatic rings. The Balaban J connectivity index is 1.28. The van der Waals surface area contributed by atoms with Gasteiger partial charge < -0.3 is 9.64 Å². The highest BCUT2D eigenvalue weighted by Gasteiger charge is 2.41. The van der Waals surface area contributed by atoms with E-state index in [9.17, 15) is 14.4 Å². The van der Waals surface area contributed by atoms with Gasteiger partial charge in [0, 0.05) is 37.9 Å². The molecule has 5 rings (SSSR count). The third-order valence-corrected chi connectivity index (χ3v) is 6.43. The zero-order valence-corrected chi connectivity index (χ0v) is 17.2. The number of hydrogen-bond acceptors (Lipinski definition) is 5. The molecule has 1 unspecified atom stereocenters. The number of carbonyl (C=O) groups is 3. The molecule has 160 valence electrons. The average molecular weight is 419 g/mol. The van der Waals surface area contributed by atoms with Gasteiger partial charge in [-0.15, -0.1) is 0 Å². The summed E-state index contributed by atoms with van der Waals surface area (Å²) in [5.41, 5.74) is 2.26. The van der Waals surface area contributed by atoms with Crippen molar-refractivity contribution < 1.29 is 19.1 Å². The van der Waals surface area contributed by atoms with Gasteiger partial charge in [0.05, 0.1) is 0 Å². The summed E-state index contributed by atoms with van der Waals surface area (Å²) in [6.07, 6.45) is 3.58. The Bertz CT molecular complexity index is 1030. The first-order valence-corrected chi connectivity index (χ1v) is 10.8. The maximum absolute atomic E-state index is 12.9. The highest BCUT2D eigenvalue weighted by Crippen LogP contribution is 2.37. The van der Waals surface area contributed by atoms with E-state index in [0.717, 1.165) is 37.1 Å². The van der Waals surface area contributed by atoms with Crippen LogP contribution in [-0.2, 0) is 22.7 Å². The van der Waals surface area contributed by atoms with Crippen LogP contribution in [0.15, 0.2) is 48.5 Å². The van der Waals surface area contributed by atoms with E-state index >= 15 is 0 Å². The maximum Gasteiger partial charge on any atom is 0.255 e. The first kappa shape index (κ1) is 19.8. The minimum absolute atomic E-state index is 0.170. The van der Waals surface area contributed by atoms with Gasteiger partial charge in [-0.2, -0.15) is 0 Å². The molecule has 7 heteroatoms. The third kappa shape index (κ3) is 3.81. The topological polar surface area (TPSA) is 87.7 Å². The Morgan fingerprint density at radius 3 is 2.61 bits per heavy atom. The summed E-state index contributed by atoms with van der Waals surface area (Å²) >= 11 is 0. The Labute approximate surface area is 180 Å². The summed E-state index contributed by atoms with van der Waals surface area (Å²) in [4.78, 5) is 38.1. The second-order valence-corrected chi connectivity index (χ2v) is 8.51. The molecule has 3 amide bonds. The van der Waals surface area contributed by atoms with Crippen LogP contribution in [0.3, 0.4) is 0 Å². The minimum atomic E-state index is -0.604. The lowest BCUT2D eigenvalue weighted by Gasteiger charge is -2.42. The summed E-state index contributed by atoms with van der Waals surface area (Å²) in [6, 6.07) is 15.1. The van der Waals surface area contributed by atoms with Crippen LogP contribution in [0.5, 0.6) is 5.75 Å². The first-order valence-electron chi connectivity index (χ1n) is 10.8. The lowest BCUT2D eigenvalue weighted by atomic mass is 9.87. The number of nitrogens with zero attached hydrogens (tertiary/aromatic N) is 1. The number of nitrogens with one attached hydrogen (secondary N) is 2. The average Bonchev–Trinajstić information content (AvgIpc) is 3.06. The number of carbonyl (C=O) groups excluding carboxylic acids is 3. The van der Waals surface area contributed by atoms with Gasteiger partial charge in [0.15, 0.2) is 5.72 Å². The van der Waals surface area contributed by atoms with Crippen LogP contribution < -0.4 is 15.4 Å². The van der Waals surface area contributed by atoms with Crippen LogP contribution in [0, 0.1) is 0 Å². The second kappa shape index (κ2) is 7.81. The van der Waals surface area contributed by atoms with Crippen molar-refractivity contribution in [2.24, 2.45) is 0 Å². The van der Waals surface area contributed by atoms with E-state index in [1.54, 1.807) is 11.0 Å². The molecule has 2 fully saturated rings. The summed E-state index contributed by atoms with van der Waals surface area (Å²) in [5.74, 6) is -0.129. The normalized spacial score (nSPS) is 22.0. The van der Waals surface area contributed by atoms with Crippen molar-refractivity contribution in [1.82, 2.24) is 15.5 Å². The lowest BCUT2D eigenvalue weighted by Crippen LogP contribution is -2.55. The molecule has 1 saturated carbocycles. The molecule has 2 heterocycles. The van der Waals surface area contributed by atoms with Crippen molar-refractivity contribution >= 4 is 17.7 Å². The molecule has 31 heavy (non-hydrogen) atoms. The van der Waals surface area contributed by atoms with Crippen LogP contribution in [-0.4, -0.2) is 34.4 Å². The fourth-order valence-corrected chi connectivity index (χ4v) is 4.51. The Hall–Kier alpha value is -3.19. The molecule has 7 nitrogen and oxygen atoms in total. The predicted octanol–water partition coefficient (Wildman–Crippen LogP) is 2.50. The number of ether oxygens (including phenoxy) is 1. The maximum atomic E-state index is 12.9. The van der Waals surface area contributed by atoms with Crippen molar-refractivity contribution in [2.75, 3.05) is 0 Å². The van der Waals surface area contributed by atoms with E-state index in [1.807, 2.05) is 30.3 Å². The number of benzene rings is 2. The highest BCUT2D eigenvalue weighted by atomic mass is 16.5. The molecule has 2 N–H and O–H groups in total. The quantitative estimate of drug-likeness (QED) is 0.555. The Kier molecular flexibility index (Phi) is 4.98. The van der Waals surface area contributed by atoms with Crippen molar-refractivity contribution in [2.45, 2.75) is 57.0 Å². The Morgan fingerprint density at radius 1 is 1.10 bits per heavy atom. The van der Waals surface area contributed by atoms with Crippen LogP contribution in [0.1, 0.15) is 53.6 Å². The molecular formula is C24H25N3O4. The summed E-state index contributed by atoms with van der Waals surface area (Å²) < 4.78 is 6.37. The van der Waals surface area contributed by atoms with E-state index in [4.69, 9.17) is 4.74 Å². The van der Waals surface area contributed by atoms with Crippen molar-refractivity contribution in [3.8, 4) is 5.75 Å². The summed E-state index contributed by atoms with van der Waals surface area (Å²) in [7, 11) is 0. The molecular weight excluding hydrogens is 394 g/mol. The zero-order valence-electron chi connectivity index (χ0n) is 17.2. The zero-order chi connectivity index (χ0) is 21.4. The minimum Gasteiger partial charge on any atom is -0.473 e. The first-order chi connectivity index (χ1) is 15.0. The lowest BCUT2D eigenvalue weighted by molar-refractivity contribution is -0.136. The third-order valence-electron chi connectivity index (χ3n) is 6.43. The Morgan fingerprint density at radius 2 is 1.90 bits per heavy atom. The monoisotopic (exact) mass is 419 g/mol. The number of fused-ring (bicyclic) bond motifs is 1. The standard InChI is InChI=1S/C24H25N3O4/c28-21-10-9-20(22(29)26-21)27-15-17-13-18(7-8-19(17)23(27)30)31-24(11-4-12-24)25-14-16-5-2-1-3-6-16/h1-3,5-8,13,20,25H,4,9-12,14-15H2,(H,26,28,29). The van der Waals surface area contributed by atoms with E-state index in [-0.39, 0.29) is 18.2 Å². The van der Waals surface area contributed by atoms with Gasteiger partial charge in [-0.25, -0.2) is 0 Å². The number of amides is 3. The van der Waals surface area contributed by atoms with E-state index in [0.29, 0.717) is 18.5 Å². The molecule has 2 aliphatic heterocycles. The molecule has 2 aromatic rings.